The lowest BCUT2D eigenvalue weighted by Gasteiger charge is -2.60. The number of methoxy groups -OCH3 is 4. The van der Waals surface area contributed by atoms with E-state index in [4.69, 9.17) is 80.5 Å². The normalized spacial score (nSPS) is 42.3. The van der Waals surface area contributed by atoms with Gasteiger partial charge in [0.2, 0.25) is 11.6 Å². The number of fused-ring (bicyclic) bond motifs is 6. The van der Waals surface area contributed by atoms with Crippen molar-refractivity contribution < 1.29 is 181 Å². The van der Waals surface area contributed by atoms with Gasteiger partial charge in [-0.2, -0.15) is 0 Å². The van der Waals surface area contributed by atoms with Gasteiger partial charge in [0.15, 0.2) is 83.5 Å². The van der Waals surface area contributed by atoms with Gasteiger partial charge in [-0.25, -0.2) is 0 Å². The Balaban J connectivity index is 0.826. The molecule has 4 aliphatic carbocycles. The number of rotatable bonds is 23. The van der Waals surface area contributed by atoms with Crippen LogP contribution < -0.4 is 18.9 Å². The summed E-state index contributed by atoms with van der Waals surface area (Å²) in [5.74, 6) is -14.5. The number of carbonyl (C=O) groups excluding carboxylic acids is 4. The number of phenolic OH excluding ortho intramolecular Hbond substituents is 5. The van der Waals surface area contributed by atoms with Gasteiger partial charge in [-0.15, -0.1) is 0 Å². The molecule has 37 heteroatoms. The number of ether oxygens (including phenoxy) is 17. The first-order valence-corrected chi connectivity index (χ1v) is 42.5. The molecule has 0 spiro atoms. The van der Waals surface area contributed by atoms with Crippen LogP contribution in [0.3, 0.4) is 0 Å². The maximum Gasteiger partial charge on any atom is 0.202 e. The van der Waals surface area contributed by atoms with Crippen molar-refractivity contribution in [3.8, 4) is 62.9 Å². The minimum absolute atomic E-state index is 0.00466. The van der Waals surface area contributed by atoms with Crippen LogP contribution in [0.5, 0.6) is 51.7 Å². The number of ketones is 4. The van der Waals surface area contributed by atoms with Crippen molar-refractivity contribution in [3.05, 3.63) is 28.3 Å². The van der Waals surface area contributed by atoms with Crippen LogP contribution in [0.4, 0.5) is 0 Å². The summed E-state index contributed by atoms with van der Waals surface area (Å²) in [5.41, 5.74) is -18.4. The van der Waals surface area contributed by atoms with Gasteiger partial charge < -0.3 is 162 Å². The molecule has 7 saturated heterocycles. The second-order valence-electron chi connectivity index (χ2n) is 35.3. The maximum atomic E-state index is 16.5. The van der Waals surface area contributed by atoms with Crippen LogP contribution in [0.2, 0.25) is 0 Å². The largest absolute Gasteiger partial charge is 0.507 e. The molecule has 682 valence electrons. The summed E-state index contributed by atoms with van der Waals surface area (Å²) in [6.07, 6.45) is -34.1. The fourth-order valence-corrected chi connectivity index (χ4v) is 21.9. The highest BCUT2D eigenvalue weighted by atomic mass is 16.8. The summed E-state index contributed by atoms with van der Waals surface area (Å²) in [6.45, 7) is 15.3. The lowest BCUT2D eigenvalue weighted by molar-refractivity contribution is -0.358. The molecule has 0 unspecified atom stereocenters. The number of hydrogen-bond donors (Lipinski definition) is 16. The Morgan fingerprint density at radius 2 is 0.894 bits per heavy atom. The number of phenols is 5. The zero-order valence-corrected chi connectivity index (χ0v) is 71.0. The smallest absolute Gasteiger partial charge is 0.202 e. The van der Waals surface area contributed by atoms with Crippen molar-refractivity contribution in [2.24, 2.45) is 11.8 Å². The Labute approximate surface area is 707 Å². The summed E-state index contributed by atoms with van der Waals surface area (Å²) in [6, 6.07) is 1.31. The molecule has 16 N–H and O–H groups in total. The Kier molecular flexibility index (Phi) is 24.8. The molecule has 123 heavy (non-hydrogen) atoms. The van der Waals surface area contributed by atoms with Gasteiger partial charge in [-0.3, -0.25) is 19.2 Å². The molecule has 7 aliphatic heterocycles. The van der Waals surface area contributed by atoms with E-state index in [2.05, 4.69) is 0 Å². The van der Waals surface area contributed by atoms with Crippen LogP contribution in [0.1, 0.15) is 197 Å². The first kappa shape index (κ1) is 91.1. The van der Waals surface area contributed by atoms with Crippen LogP contribution in [0.25, 0.3) is 32.7 Å². The summed E-state index contributed by atoms with van der Waals surface area (Å²) < 4.78 is 108. The van der Waals surface area contributed by atoms with Gasteiger partial charge >= 0.3 is 0 Å². The Bertz CT molecular complexity index is 4710. The highest BCUT2D eigenvalue weighted by Gasteiger charge is 2.82. The third kappa shape index (κ3) is 13.9. The van der Waals surface area contributed by atoms with Crippen LogP contribution in [-0.4, -0.2) is 314 Å². The molecule has 2 saturated carbocycles. The summed E-state index contributed by atoms with van der Waals surface area (Å²) in [5, 5.41) is 198. The molecule has 4 aromatic carbocycles. The van der Waals surface area contributed by atoms with E-state index in [0.29, 0.717) is 0 Å². The minimum atomic E-state index is -3.18. The number of carbonyl (C=O) groups is 4. The summed E-state index contributed by atoms with van der Waals surface area (Å²) in [7, 11) is 4.49. The number of aliphatic hydroxyl groups is 11. The van der Waals surface area contributed by atoms with Crippen LogP contribution in [0, 0.1) is 11.8 Å². The number of benzene rings is 4. The second kappa shape index (κ2) is 33.4. The standard InChI is InChI=1S/C86H116O37/c1-15-23-83(104)79(121-46-19-17-44(31(3)111-46)117-48-21-25-81(102,35(7)87)37(9)115-48)68(98)71(119-50-29-42(89)61(91)33(5)113-50)41-28-39-27-40-53(63(93)52(39)77(100)85(41,83)105)64(94)56(73(108-12)70(40)107-11)57-65(95)54-55(74(109-13)75(57)110-14)67(97)58-59(66(54)96)78(101)86(106)60-72(58)123-84(86,24-16-2)80(69(99)76(60)120-51-30-43(90)62(92)34(6)114-51)122-47-20-18-45(32(4)112-47)118-49-22-26-82(103,36(8)88)38(10)116-49/h27,31-34,37-38,41-51,60-62,68-69,71-72,76,79-80,89-99,102-106H,15-26,28-30H2,1-14H3/t31-,32-,33+,34+,37-,38-,41+,42-,43-,44+,45+,46+,47+,48-,49-,50+,51+,60+,61+,62+,68+,69+,71-,72-,76-,79-,80-,81+,82+,83-,84-,85+,86+/m0/s1. The molecule has 11 aliphatic rings. The zero-order valence-electron chi connectivity index (χ0n) is 71.0. The van der Waals surface area contributed by atoms with Gasteiger partial charge in [0.25, 0.3) is 0 Å². The van der Waals surface area contributed by atoms with Crippen molar-refractivity contribution in [2.75, 3.05) is 28.4 Å². The molecule has 15 rings (SSSR count). The van der Waals surface area contributed by atoms with Gasteiger partial charge in [-0.05, 0) is 112 Å². The molecular formula is C86H116O37. The number of aliphatic hydroxyl groups excluding tert-OH is 6. The molecular weight excluding hydrogens is 1620 g/mol. The lowest BCUT2D eigenvalue weighted by Crippen LogP contribution is -2.80. The molecule has 0 amide bonds. The fraction of sp³-hybridized carbons (Fsp3) is 0.721. The highest BCUT2D eigenvalue weighted by molar-refractivity contribution is 6.21. The molecule has 0 aromatic heterocycles. The Morgan fingerprint density at radius 3 is 1.37 bits per heavy atom. The molecule has 4 aromatic rings. The molecule has 4 bridgehead atoms. The SMILES string of the molecule is CCC[C@@]12O[C@H]3c4c(c(O)c5c(O)c(-c6c(OC)c(OC)c7cc8c(c(O)c7c6O)C(=O)[C@]6(O)[C@H](C8)[C@H](O[C@@H]7C[C@H](O)[C@H](O)[C@@H](C)O7)[C@@H](O)[C@H](O[C@@H]7CC[C@@H](O[C@H]8CC[C@@](O)(C(C)=O)[C@H](C)O8)[C@H](C)O7)[C@@]6(O)CCC)c(OC)c(OC)c5c4O)C(=O)[C@]1(O)[C@H]3[C@H](O[C@@H]1C[C@H](O)[C@H](O)[C@@H](C)O1)[C@@H](O)[C@@H]2O[C@@H]1CC[C@@H](O[C@H]2CC[C@@](O)(C(C)=O)[C@H](C)O2)[C@H](C)O1. The van der Waals surface area contributed by atoms with E-state index in [1.54, 1.807) is 41.5 Å². The average molecular weight is 1740 g/mol. The predicted octanol–water partition coefficient (Wildman–Crippen LogP) is 3.51. The summed E-state index contributed by atoms with van der Waals surface area (Å²) in [4.78, 5) is 57.8. The monoisotopic (exact) mass is 1740 g/mol. The third-order valence-corrected chi connectivity index (χ3v) is 28.5. The van der Waals surface area contributed by atoms with E-state index in [-0.39, 0.29) is 87.3 Å². The van der Waals surface area contributed by atoms with Crippen molar-refractivity contribution in [1.82, 2.24) is 0 Å². The van der Waals surface area contributed by atoms with Gasteiger partial charge in [0.1, 0.15) is 87.8 Å². The van der Waals surface area contributed by atoms with Crippen molar-refractivity contribution in [3.63, 3.8) is 0 Å². The van der Waals surface area contributed by atoms with Crippen LogP contribution in [0.15, 0.2) is 6.07 Å². The lowest BCUT2D eigenvalue weighted by atomic mass is 9.53. The van der Waals surface area contributed by atoms with E-state index in [1.807, 2.05) is 0 Å². The molecule has 9 fully saturated rings. The Morgan fingerprint density at radius 1 is 0.455 bits per heavy atom. The summed E-state index contributed by atoms with van der Waals surface area (Å²) >= 11 is 0. The number of aromatic hydroxyl groups is 5. The third-order valence-electron chi connectivity index (χ3n) is 28.5. The van der Waals surface area contributed by atoms with E-state index in [9.17, 15) is 91.3 Å². The fourth-order valence-electron chi connectivity index (χ4n) is 21.9. The topological polar surface area (TPSA) is 549 Å². The first-order chi connectivity index (χ1) is 58.1. The van der Waals surface area contributed by atoms with E-state index >= 15 is 9.59 Å². The minimum Gasteiger partial charge on any atom is -0.507 e. The van der Waals surface area contributed by atoms with Crippen LogP contribution >= 0.6 is 0 Å². The molecule has 7 heterocycles. The highest BCUT2D eigenvalue weighted by Crippen LogP contribution is 2.71. The quantitative estimate of drug-likeness (QED) is 0.0472. The molecule has 33 atom stereocenters. The van der Waals surface area contributed by atoms with Gasteiger partial charge in [0, 0.05) is 55.4 Å². The predicted molar refractivity (Wildman–Crippen MR) is 421 cm³/mol. The van der Waals surface area contributed by atoms with Crippen molar-refractivity contribution in [1.29, 1.82) is 0 Å². The van der Waals surface area contributed by atoms with Crippen molar-refractivity contribution >= 4 is 44.7 Å². The Hall–Kier alpha value is -6.68. The van der Waals surface area contributed by atoms with Gasteiger partial charge in [-0.1, -0.05) is 26.7 Å². The molecule has 0 radical (unpaired) electrons. The molecule has 37 nitrogen and oxygen atoms in total. The zero-order chi connectivity index (χ0) is 89.2. The first-order valence-electron chi connectivity index (χ1n) is 42.5. The van der Waals surface area contributed by atoms with Crippen molar-refractivity contribution in [2.45, 2.75) is 353 Å². The van der Waals surface area contributed by atoms with Crippen LogP contribution in [-0.2, 0) is 77.6 Å². The maximum absolute atomic E-state index is 16.5. The second-order valence-corrected chi connectivity index (χ2v) is 35.3. The van der Waals surface area contributed by atoms with E-state index < -0.39 is 338 Å². The van der Waals surface area contributed by atoms with E-state index in [1.165, 1.54) is 40.9 Å². The number of hydrogen-bond acceptors (Lipinski definition) is 37. The average Bonchev–Trinajstić information content (AvgIpc) is 1.56. The van der Waals surface area contributed by atoms with E-state index in [0.717, 1.165) is 21.3 Å². The van der Waals surface area contributed by atoms with Gasteiger partial charge in [0.05, 0.1) is 152 Å². The number of Topliss-reactive ketones (excluding diaryl/α,β-unsaturated/α-hetero) is 4.